The van der Waals surface area contributed by atoms with Crippen molar-refractivity contribution < 1.29 is 0 Å². The third-order valence-corrected chi connectivity index (χ3v) is 3.92. The second-order valence-electron chi connectivity index (χ2n) is 4.96. The van der Waals surface area contributed by atoms with E-state index in [2.05, 4.69) is 42.2 Å². The van der Waals surface area contributed by atoms with E-state index in [0.29, 0.717) is 12.1 Å². The molecule has 0 aromatic heterocycles. The lowest BCUT2D eigenvalue weighted by atomic mass is 9.95. The van der Waals surface area contributed by atoms with Crippen LogP contribution in [-0.4, -0.2) is 24.0 Å². The standard InChI is InChI=1S/C15H24N2/c1-2-15(13-8-4-3-5-9-13)17-11-7-6-10-14(17)12-16/h3-5,8-9,14-15H,2,6-7,10-12,16H2,1H3. The number of nitrogens with zero attached hydrogens (tertiary/aromatic N) is 1. The van der Waals surface area contributed by atoms with E-state index in [1.54, 1.807) is 0 Å². The van der Waals surface area contributed by atoms with Crippen molar-refractivity contribution in [1.29, 1.82) is 0 Å². The van der Waals surface area contributed by atoms with Crippen LogP contribution in [0.15, 0.2) is 30.3 Å². The Hall–Kier alpha value is -0.860. The zero-order valence-corrected chi connectivity index (χ0v) is 10.8. The first-order chi connectivity index (χ1) is 8.36. The molecule has 1 fully saturated rings. The summed E-state index contributed by atoms with van der Waals surface area (Å²) in [5.74, 6) is 0. The van der Waals surface area contributed by atoms with E-state index in [9.17, 15) is 0 Å². The van der Waals surface area contributed by atoms with Crippen LogP contribution >= 0.6 is 0 Å². The first-order valence-electron chi connectivity index (χ1n) is 6.87. The van der Waals surface area contributed by atoms with E-state index in [1.165, 1.54) is 37.8 Å². The molecular formula is C15H24N2. The Kier molecular flexibility index (Phi) is 4.57. The Morgan fingerprint density at radius 3 is 2.71 bits per heavy atom. The normalized spacial score (nSPS) is 23.5. The maximum atomic E-state index is 5.92. The van der Waals surface area contributed by atoms with Crippen LogP contribution < -0.4 is 5.73 Å². The van der Waals surface area contributed by atoms with Crippen LogP contribution in [0, 0.1) is 0 Å². The minimum atomic E-state index is 0.546. The highest BCUT2D eigenvalue weighted by Crippen LogP contribution is 2.30. The fourth-order valence-corrected chi connectivity index (χ4v) is 3.02. The second kappa shape index (κ2) is 6.18. The minimum Gasteiger partial charge on any atom is -0.329 e. The molecule has 17 heavy (non-hydrogen) atoms. The second-order valence-corrected chi connectivity index (χ2v) is 4.96. The smallest absolute Gasteiger partial charge is 0.0348 e. The molecule has 1 heterocycles. The average Bonchev–Trinajstić information content (AvgIpc) is 2.41. The molecule has 2 nitrogen and oxygen atoms in total. The Morgan fingerprint density at radius 1 is 1.29 bits per heavy atom. The fourth-order valence-electron chi connectivity index (χ4n) is 3.02. The number of hydrogen-bond donors (Lipinski definition) is 1. The number of piperidine rings is 1. The molecule has 0 aliphatic carbocycles. The highest BCUT2D eigenvalue weighted by molar-refractivity contribution is 5.19. The molecule has 1 aromatic rings. The van der Waals surface area contributed by atoms with Crippen molar-refractivity contribution in [2.75, 3.05) is 13.1 Å². The predicted molar refractivity (Wildman–Crippen MR) is 72.9 cm³/mol. The van der Waals surface area contributed by atoms with Crippen LogP contribution in [0.2, 0.25) is 0 Å². The number of rotatable bonds is 4. The van der Waals surface area contributed by atoms with Crippen molar-refractivity contribution in [2.24, 2.45) is 5.73 Å². The first kappa shape index (κ1) is 12.6. The molecule has 2 rings (SSSR count). The van der Waals surface area contributed by atoms with Gasteiger partial charge in [0.2, 0.25) is 0 Å². The molecule has 0 radical (unpaired) electrons. The number of hydrogen-bond acceptors (Lipinski definition) is 2. The monoisotopic (exact) mass is 232 g/mol. The minimum absolute atomic E-state index is 0.546. The van der Waals surface area contributed by atoms with Crippen molar-refractivity contribution in [2.45, 2.75) is 44.7 Å². The van der Waals surface area contributed by atoms with Crippen LogP contribution in [0.1, 0.15) is 44.2 Å². The molecule has 1 saturated heterocycles. The fraction of sp³-hybridized carbons (Fsp3) is 0.600. The van der Waals surface area contributed by atoms with Gasteiger partial charge in [0.1, 0.15) is 0 Å². The zero-order valence-electron chi connectivity index (χ0n) is 10.8. The largest absolute Gasteiger partial charge is 0.329 e. The lowest BCUT2D eigenvalue weighted by Gasteiger charge is -2.40. The Bertz CT molecular complexity index is 323. The van der Waals surface area contributed by atoms with Gasteiger partial charge < -0.3 is 5.73 Å². The van der Waals surface area contributed by atoms with Crippen LogP contribution in [-0.2, 0) is 0 Å². The van der Waals surface area contributed by atoms with Gasteiger partial charge in [-0.15, -0.1) is 0 Å². The van der Waals surface area contributed by atoms with Crippen molar-refractivity contribution in [3.05, 3.63) is 35.9 Å². The molecule has 2 heteroatoms. The van der Waals surface area contributed by atoms with Gasteiger partial charge in [-0.3, -0.25) is 4.90 Å². The lowest BCUT2D eigenvalue weighted by molar-refractivity contribution is 0.0960. The molecule has 1 aromatic carbocycles. The van der Waals surface area contributed by atoms with Gasteiger partial charge in [0, 0.05) is 18.6 Å². The molecular weight excluding hydrogens is 208 g/mol. The number of likely N-dealkylation sites (tertiary alicyclic amines) is 1. The molecule has 0 amide bonds. The third kappa shape index (κ3) is 2.88. The van der Waals surface area contributed by atoms with Crippen LogP contribution in [0.5, 0.6) is 0 Å². The van der Waals surface area contributed by atoms with E-state index < -0.39 is 0 Å². The van der Waals surface area contributed by atoms with Gasteiger partial charge in [-0.2, -0.15) is 0 Å². The van der Waals surface area contributed by atoms with Gasteiger partial charge in [-0.05, 0) is 31.4 Å². The van der Waals surface area contributed by atoms with E-state index in [0.717, 1.165) is 6.54 Å². The van der Waals surface area contributed by atoms with Crippen molar-refractivity contribution >= 4 is 0 Å². The van der Waals surface area contributed by atoms with Gasteiger partial charge in [0.05, 0.1) is 0 Å². The van der Waals surface area contributed by atoms with E-state index in [-0.39, 0.29) is 0 Å². The first-order valence-corrected chi connectivity index (χ1v) is 6.87. The summed E-state index contributed by atoms with van der Waals surface area (Å²) in [6, 6.07) is 12.0. The summed E-state index contributed by atoms with van der Waals surface area (Å²) in [5.41, 5.74) is 7.36. The maximum absolute atomic E-state index is 5.92. The molecule has 2 atom stereocenters. The summed E-state index contributed by atoms with van der Waals surface area (Å²) < 4.78 is 0. The molecule has 0 spiro atoms. The zero-order chi connectivity index (χ0) is 12.1. The van der Waals surface area contributed by atoms with Crippen LogP contribution in [0.3, 0.4) is 0 Å². The summed E-state index contributed by atoms with van der Waals surface area (Å²) in [5, 5.41) is 0. The average molecular weight is 232 g/mol. The summed E-state index contributed by atoms with van der Waals surface area (Å²) in [6.07, 6.45) is 5.09. The summed E-state index contributed by atoms with van der Waals surface area (Å²) in [7, 11) is 0. The van der Waals surface area contributed by atoms with Crippen molar-refractivity contribution in [3.8, 4) is 0 Å². The van der Waals surface area contributed by atoms with Crippen LogP contribution in [0.4, 0.5) is 0 Å². The van der Waals surface area contributed by atoms with Crippen molar-refractivity contribution in [1.82, 2.24) is 4.90 Å². The van der Waals surface area contributed by atoms with Crippen LogP contribution in [0.25, 0.3) is 0 Å². The number of benzene rings is 1. The Morgan fingerprint density at radius 2 is 2.06 bits per heavy atom. The highest BCUT2D eigenvalue weighted by atomic mass is 15.2. The summed E-state index contributed by atoms with van der Waals surface area (Å²) in [4.78, 5) is 2.62. The lowest BCUT2D eigenvalue weighted by Crippen LogP contribution is -2.45. The summed E-state index contributed by atoms with van der Waals surface area (Å²) in [6.45, 7) is 4.28. The van der Waals surface area contributed by atoms with Crippen molar-refractivity contribution in [3.63, 3.8) is 0 Å². The molecule has 2 N–H and O–H groups in total. The van der Waals surface area contributed by atoms with Gasteiger partial charge >= 0.3 is 0 Å². The highest BCUT2D eigenvalue weighted by Gasteiger charge is 2.27. The van der Waals surface area contributed by atoms with E-state index in [1.807, 2.05) is 0 Å². The van der Waals surface area contributed by atoms with Gasteiger partial charge in [0.15, 0.2) is 0 Å². The molecule has 0 bridgehead atoms. The van der Waals surface area contributed by atoms with Gasteiger partial charge in [-0.1, -0.05) is 43.7 Å². The molecule has 2 unspecified atom stereocenters. The van der Waals surface area contributed by atoms with E-state index >= 15 is 0 Å². The third-order valence-electron chi connectivity index (χ3n) is 3.92. The topological polar surface area (TPSA) is 29.3 Å². The quantitative estimate of drug-likeness (QED) is 0.865. The van der Waals surface area contributed by atoms with E-state index in [4.69, 9.17) is 5.73 Å². The van der Waals surface area contributed by atoms with Gasteiger partial charge in [0.25, 0.3) is 0 Å². The Labute approximate surface area is 105 Å². The molecule has 1 aliphatic heterocycles. The van der Waals surface area contributed by atoms with Gasteiger partial charge in [-0.25, -0.2) is 0 Å². The SMILES string of the molecule is CCC(c1ccccc1)N1CCCCC1CN. The number of nitrogens with two attached hydrogens (primary N) is 1. The molecule has 1 aliphatic rings. The Balaban J connectivity index is 2.16. The maximum Gasteiger partial charge on any atom is 0.0348 e. The molecule has 0 saturated carbocycles. The summed E-state index contributed by atoms with van der Waals surface area (Å²) >= 11 is 0. The molecule has 94 valence electrons. The predicted octanol–water partition coefficient (Wildman–Crippen LogP) is 2.95.